The molecule has 0 radical (unpaired) electrons. The Kier molecular flexibility index (Phi) is 4.16. The Balaban J connectivity index is 2.32. The molecule has 0 fully saturated rings. The van der Waals surface area contributed by atoms with Gasteiger partial charge in [-0.25, -0.2) is 4.39 Å². The average Bonchev–Trinajstić information content (AvgIpc) is 2.48. The summed E-state index contributed by atoms with van der Waals surface area (Å²) in [5, 5.41) is 8.87. The van der Waals surface area contributed by atoms with Crippen molar-refractivity contribution in [2.24, 2.45) is 0 Å². The topological polar surface area (TPSA) is 44.1 Å². The smallest absolute Gasteiger partial charge is 0.258 e. The van der Waals surface area contributed by atoms with Crippen molar-refractivity contribution in [1.82, 2.24) is 0 Å². The number of amides is 1. The lowest BCUT2D eigenvalue weighted by molar-refractivity contribution is 0.0993. The van der Waals surface area contributed by atoms with E-state index in [1.54, 1.807) is 31.3 Å². The van der Waals surface area contributed by atoms with Crippen LogP contribution >= 0.6 is 15.9 Å². The first kappa shape index (κ1) is 14.2. The molecule has 2 rings (SSSR count). The van der Waals surface area contributed by atoms with Gasteiger partial charge < -0.3 is 4.90 Å². The molecular weight excluding hydrogens is 323 g/mol. The van der Waals surface area contributed by atoms with Crippen LogP contribution in [0.15, 0.2) is 46.9 Å². The molecule has 0 aliphatic heterocycles. The lowest BCUT2D eigenvalue weighted by atomic mass is 10.1. The first-order chi connectivity index (χ1) is 9.52. The lowest BCUT2D eigenvalue weighted by Gasteiger charge is -2.17. The first-order valence-corrected chi connectivity index (χ1v) is 6.55. The molecule has 100 valence electrons. The summed E-state index contributed by atoms with van der Waals surface area (Å²) in [6.45, 7) is 0. The van der Waals surface area contributed by atoms with Crippen LogP contribution in [0.5, 0.6) is 0 Å². The van der Waals surface area contributed by atoms with E-state index in [0.717, 1.165) is 0 Å². The summed E-state index contributed by atoms with van der Waals surface area (Å²) in [5.74, 6) is -0.698. The van der Waals surface area contributed by atoms with Gasteiger partial charge in [0.15, 0.2) is 0 Å². The van der Waals surface area contributed by atoms with Crippen LogP contribution in [0.2, 0.25) is 0 Å². The maximum atomic E-state index is 13.2. The summed E-state index contributed by atoms with van der Waals surface area (Å²) >= 11 is 3.05. The van der Waals surface area contributed by atoms with Gasteiger partial charge in [0, 0.05) is 18.3 Å². The van der Waals surface area contributed by atoms with Crippen LogP contribution in [0.3, 0.4) is 0 Å². The van der Waals surface area contributed by atoms with Crippen molar-refractivity contribution >= 4 is 27.5 Å². The van der Waals surface area contributed by atoms with E-state index in [1.807, 2.05) is 6.07 Å². The van der Waals surface area contributed by atoms with E-state index < -0.39 is 5.82 Å². The maximum Gasteiger partial charge on any atom is 0.258 e. The summed E-state index contributed by atoms with van der Waals surface area (Å²) in [7, 11) is 1.61. The van der Waals surface area contributed by atoms with Crippen molar-refractivity contribution in [3.8, 4) is 6.07 Å². The fraction of sp³-hybridized carbons (Fsp3) is 0.0667. The molecule has 0 bridgehead atoms. The number of rotatable bonds is 2. The number of hydrogen-bond acceptors (Lipinski definition) is 2. The van der Waals surface area contributed by atoms with Gasteiger partial charge in [0.05, 0.1) is 16.1 Å². The first-order valence-electron chi connectivity index (χ1n) is 5.76. The molecular formula is C15H10BrFN2O. The van der Waals surface area contributed by atoms with Gasteiger partial charge >= 0.3 is 0 Å². The Morgan fingerprint density at radius 3 is 2.70 bits per heavy atom. The minimum Gasteiger partial charge on any atom is -0.311 e. The van der Waals surface area contributed by atoms with Crippen LogP contribution in [0.4, 0.5) is 10.1 Å². The normalized spacial score (nSPS) is 9.90. The predicted molar refractivity (Wildman–Crippen MR) is 78.0 cm³/mol. The second kappa shape index (κ2) is 5.85. The molecule has 2 aromatic carbocycles. The quantitative estimate of drug-likeness (QED) is 0.840. The Morgan fingerprint density at radius 2 is 2.05 bits per heavy atom. The van der Waals surface area contributed by atoms with Crippen LogP contribution in [0.25, 0.3) is 0 Å². The number of nitriles is 1. The summed E-state index contributed by atoms with van der Waals surface area (Å²) < 4.78 is 13.4. The molecule has 1 amide bonds. The van der Waals surface area contributed by atoms with Crippen molar-refractivity contribution < 1.29 is 9.18 Å². The number of nitrogens with zero attached hydrogens (tertiary/aromatic N) is 2. The minimum absolute atomic E-state index is 0.238. The summed E-state index contributed by atoms with van der Waals surface area (Å²) in [6.07, 6.45) is 0. The van der Waals surface area contributed by atoms with Gasteiger partial charge in [0.2, 0.25) is 0 Å². The van der Waals surface area contributed by atoms with Crippen LogP contribution in [0.1, 0.15) is 15.9 Å². The van der Waals surface area contributed by atoms with E-state index in [0.29, 0.717) is 16.8 Å². The third-order valence-corrected chi connectivity index (χ3v) is 3.44. The molecule has 0 aliphatic carbocycles. The molecule has 0 heterocycles. The maximum absolute atomic E-state index is 13.2. The molecule has 0 aliphatic rings. The van der Waals surface area contributed by atoms with E-state index >= 15 is 0 Å². The zero-order valence-electron chi connectivity index (χ0n) is 10.6. The van der Waals surface area contributed by atoms with Crippen LogP contribution in [-0.2, 0) is 0 Å². The van der Waals surface area contributed by atoms with Gasteiger partial charge in [-0.05, 0) is 52.3 Å². The zero-order chi connectivity index (χ0) is 14.7. The number of anilines is 1. The second-order valence-electron chi connectivity index (χ2n) is 4.16. The van der Waals surface area contributed by atoms with Gasteiger partial charge in [0.25, 0.3) is 5.91 Å². The molecule has 3 nitrogen and oxygen atoms in total. The van der Waals surface area contributed by atoms with E-state index in [-0.39, 0.29) is 10.4 Å². The zero-order valence-corrected chi connectivity index (χ0v) is 12.2. The number of benzene rings is 2. The van der Waals surface area contributed by atoms with E-state index in [2.05, 4.69) is 15.9 Å². The standard InChI is InChI=1S/C15H10BrFN2O/c1-19(12-4-2-3-10(7-12)9-18)15(20)11-5-6-14(17)13(16)8-11/h2-8H,1H3. The fourth-order valence-electron chi connectivity index (χ4n) is 1.72. The highest BCUT2D eigenvalue weighted by molar-refractivity contribution is 9.10. The molecule has 0 saturated heterocycles. The number of hydrogen-bond donors (Lipinski definition) is 0. The van der Waals surface area contributed by atoms with Crippen LogP contribution in [-0.4, -0.2) is 13.0 Å². The third-order valence-electron chi connectivity index (χ3n) is 2.83. The predicted octanol–water partition coefficient (Wildman–Crippen LogP) is 3.74. The lowest BCUT2D eigenvalue weighted by Crippen LogP contribution is -2.26. The monoisotopic (exact) mass is 332 g/mol. The minimum atomic E-state index is -0.421. The van der Waals surface area contributed by atoms with Crippen LogP contribution in [0, 0.1) is 17.1 Å². The van der Waals surface area contributed by atoms with Crippen molar-refractivity contribution in [2.75, 3.05) is 11.9 Å². The number of carbonyl (C=O) groups is 1. The van der Waals surface area contributed by atoms with E-state index in [4.69, 9.17) is 5.26 Å². The fourth-order valence-corrected chi connectivity index (χ4v) is 2.10. The Hall–Kier alpha value is -2.19. The van der Waals surface area contributed by atoms with Gasteiger partial charge in [-0.1, -0.05) is 6.07 Å². The van der Waals surface area contributed by atoms with Gasteiger partial charge in [-0.15, -0.1) is 0 Å². The van der Waals surface area contributed by atoms with Gasteiger partial charge in [0.1, 0.15) is 5.82 Å². The average molecular weight is 333 g/mol. The van der Waals surface area contributed by atoms with E-state index in [1.165, 1.54) is 23.1 Å². The molecule has 0 unspecified atom stereocenters. The molecule has 0 atom stereocenters. The number of carbonyl (C=O) groups excluding carboxylic acids is 1. The summed E-state index contributed by atoms with van der Waals surface area (Å²) in [5.41, 5.74) is 1.44. The highest BCUT2D eigenvalue weighted by Crippen LogP contribution is 2.21. The highest BCUT2D eigenvalue weighted by Gasteiger charge is 2.15. The van der Waals surface area contributed by atoms with Crippen LogP contribution < -0.4 is 4.90 Å². The molecule has 0 spiro atoms. The van der Waals surface area contributed by atoms with Crippen molar-refractivity contribution in [2.45, 2.75) is 0 Å². The van der Waals surface area contributed by atoms with Crippen molar-refractivity contribution in [3.05, 3.63) is 63.9 Å². The molecule has 0 N–H and O–H groups in total. The van der Waals surface area contributed by atoms with Crippen molar-refractivity contribution in [1.29, 1.82) is 5.26 Å². The summed E-state index contributed by atoms with van der Waals surface area (Å²) in [6, 6.07) is 12.8. The number of halogens is 2. The Bertz CT molecular complexity index is 709. The molecule has 0 saturated carbocycles. The molecule has 0 aromatic heterocycles. The SMILES string of the molecule is CN(C(=O)c1ccc(F)c(Br)c1)c1cccc(C#N)c1. The molecule has 2 aromatic rings. The second-order valence-corrected chi connectivity index (χ2v) is 5.01. The van der Waals surface area contributed by atoms with E-state index in [9.17, 15) is 9.18 Å². The molecule has 5 heteroatoms. The Labute approximate surface area is 124 Å². The van der Waals surface area contributed by atoms with Gasteiger partial charge in [-0.2, -0.15) is 5.26 Å². The Morgan fingerprint density at radius 1 is 1.30 bits per heavy atom. The highest BCUT2D eigenvalue weighted by atomic mass is 79.9. The third kappa shape index (κ3) is 2.86. The van der Waals surface area contributed by atoms with Crippen molar-refractivity contribution in [3.63, 3.8) is 0 Å². The largest absolute Gasteiger partial charge is 0.311 e. The van der Waals surface area contributed by atoms with Gasteiger partial charge in [-0.3, -0.25) is 4.79 Å². The summed E-state index contributed by atoms with van der Waals surface area (Å²) in [4.78, 5) is 13.7. The molecule has 20 heavy (non-hydrogen) atoms.